The monoisotopic (exact) mass is 481 g/mol. The summed E-state index contributed by atoms with van der Waals surface area (Å²) < 4.78 is 40.2. The SMILES string of the molecule is Nc1ncc(-c2ccc(C(=O)N3CCCNCC3)cc2)nc1-c1nc2c(C(F)(F)F)cccc2[nH]1. The molecule has 0 aliphatic carbocycles. The third kappa shape index (κ3) is 4.54. The van der Waals surface area contributed by atoms with Crippen LogP contribution in [0.1, 0.15) is 22.3 Å². The number of H-pyrrole nitrogens is 1. The molecule has 0 bridgehead atoms. The number of amides is 1. The van der Waals surface area contributed by atoms with Gasteiger partial charge in [-0.05, 0) is 37.2 Å². The lowest BCUT2D eigenvalue weighted by molar-refractivity contribution is -0.136. The van der Waals surface area contributed by atoms with Gasteiger partial charge in [-0.15, -0.1) is 0 Å². The summed E-state index contributed by atoms with van der Waals surface area (Å²) in [5.74, 6) is 0.0835. The van der Waals surface area contributed by atoms with Crippen molar-refractivity contribution in [3.05, 3.63) is 59.8 Å². The predicted octanol–water partition coefficient (Wildman–Crippen LogP) is 3.72. The minimum absolute atomic E-state index is 0.0305. The van der Waals surface area contributed by atoms with E-state index in [0.717, 1.165) is 25.6 Å². The van der Waals surface area contributed by atoms with Crippen LogP contribution in [0.2, 0.25) is 0 Å². The normalized spacial score (nSPS) is 14.8. The molecule has 35 heavy (non-hydrogen) atoms. The van der Waals surface area contributed by atoms with Gasteiger partial charge in [-0.25, -0.2) is 15.0 Å². The molecule has 1 saturated heterocycles. The number of para-hydroxylation sites is 1. The number of nitrogens with one attached hydrogen (secondary N) is 2. The summed E-state index contributed by atoms with van der Waals surface area (Å²) in [6, 6.07) is 10.8. The van der Waals surface area contributed by atoms with E-state index in [2.05, 4.69) is 25.3 Å². The second kappa shape index (κ2) is 8.99. The zero-order valence-electron chi connectivity index (χ0n) is 18.6. The highest BCUT2D eigenvalue weighted by Crippen LogP contribution is 2.35. The van der Waals surface area contributed by atoms with Crippen LogP contribution in [0.3, 0.4) is 0 Å². The van der Waals surface area contributed by atoms with Crippen molar-refractivity contribution in [2.75, 3.05) is 31.9 Å². The van der Waals surface area contributed by atoms with Crippen LogP contribution >= 0.6 is 0 Å². The van der Waals surface area contributed by atoms with E-state index in [0.29, 0.717) is 29.9 Å². The third-order valence-electron chi connectivity index (χ3n) is 5.90. The number of alkyl halides is 3. The number of hydrogen-bond acceptors (Lipinski definition) is 6. The van der Waals surface area contributed by atoms with Crippen LogP contribution in [0.25, 0.3) is 33.8 Å². The lowest BCUT2D eigenvalue weighted by atomic mass is 10.1. The summed E-state index contributed by atoms with van der Waals surface area (Å²) in [4.78, 5) is 30.3. The van der Waals surface area contributed by atoms with E-state index in [-0.39, 0.29) is 34.3 Å². The average Bonchev–Trinajstić information content (AvgIpc) is 3.09. The summed E-state index contributed by atoms with van der Waals surface area (Å²) in [6.45, 7) is 3.01. The van der Waals surface area contributed by atoms with Crippen molar-refractivity contribution in [1.29, 1.82) is 0 Å². The number of benzene rings is 2. The van der Waals surface area contributed by atoms with Crippen LogP contribution in [0.5, 0.6) is 0 Å². The van der Waals surface area contributed by atoms with Gasteiger partial charge < -0.3 is 20.9 Å². The molecule has 0 spiro atoms. The topological polar surface area (TPSA) is 113 Å². The number of hydrogen-bond donors (Lipinski definition) is 3. The van der Waals surface area contributed by atoms with E-state index < -0.39 is 11.7 Å². The van der Waals surface area contributed by atoms with Crippen LogP contribution in [-0.4, -0.2) is 56.9 Å². The van der Waals surface area contributed by atoms with E-state index in [1.807, 2.05) is 4.90 Å². The van der Waals surface area contributed by atoms with Crippen molar-refractivity contribution in [2.45, 2.75) is 12.6 Å². The molecule has 2 aromatic heterocycles. The molecule has 0 saturated carbocycles. The molecule has 2 aromatic carbocycles. The number of nitrogens with two attached hydrogens (primary N) is 1. The number of halogens is 3. The summed E-state index contributed by atoms with van der Waals surface area (Å²) in [5, 5.41) is 3.27. The lowest BCUT2D eigenvalue weighted by Crippen LogP contribution is -2.34. The second-order valence-corrected chi connectivity index (χ2v) is 8.25. The summed E-state index contributed by atoms with van der Waals surface area (Å²) in [6.07, 6.45) is -2.17. The first-order valence-corrected chi connectivity index (χ1v) is 11.1. The van der Waals surface area contributed by atoms with Crippen molar-refractivity contribution in [2.24, 2.45) is 0 Å². The number of anilines is 1. The first-order valence-electron chi connectivity index (χ1n) is 11.1. The molecule has 4 N–H and O–H groups in total. The van der Waals surface area contributed by atoms with E-state index in [1.54, 1.807) is 24.3 Å². The van der Waals surface area contributed by atoms with Gasteiger partial charge in [-0.3, -0.25) is 4.79 Å². The Labute approximate surface area is 198 Å². The van der Waals surface area contributed by atoms with Gasteiger partial charge >= 0.3 is 6.18 Å². The first-order chi connectivity index (χ1) is 16.8. The van der Waals surface area contributed by atoms with Crippen molar-refractivity contribution in [1.82, 2.24) is 30.2 Å². The number of aromatic nitrogens is 4. The van der Waals surface area contributed by atoms with Gasteiger partial charge in [-0.2, -0.15) is 13.2 Å². The van der Waals surface area contributed by atoms with Crippen molar-refractivity contribution < 1.29 is 18.0 Å². The molecule has 0 radical (unpaired) electrons. The smallest absolute Gasteiger partial charge is 0.382 e. The Hall–Kier alpha value is -3.99. The summed E-state index contributed by atoms with van der Waals surface area (Å²) >= 11 is 0. The van der Waals surface area contributed by atoms with Crippen LogP contribution in [0.15, 0.2) is 48.7 Å². The van der Waals surface area contributed by atoms with E-state index >= 15 is 0 Å². The maximum absolute atomic E-state index is 13.4. The molecule has 180 valence electrons. The molecule has 1 aliphatic heterocycles. The minimum Gasteiger partial charge on any atom is -0.382 e. The quantitative estimate of drug-likeness (QED) is 0.411. The molecular formula is C24H22F3N7O. The fraction of sp³-hybridized carbons (Fsp3) is 0.250. The van der Waals surface area contributed by atoms with E-state index in [9.17, 15) is 18.0 Å². The molecule has 3 heterocycles. The second-order valence-electron chi connectivity index (χ2n) is 8.25. The Bertz CT molecular complexity index is 1370. The molecule has 1 amide bonds. The first kappa shape index (κ1) is 22.8. The zero-order valence-corrected chi connectivity index (χ0v) is 18.6. The maximum Gasteiger partial charge on any atom is 0.418 e. The molecule has 11 heteroatoms. The molecule has 0 atom stereocenters. The van der Waals surface area contributed by atoms with Crippen molar-refractivity contribution in [3.63, 3.8) is 0 Å². The van der Waals surface area contributed by atoms with Crippen LogP contribution in [-0.2, 0) is 6.18 Å². The Morgan fingerprint density at radius 1 is 1.03 bits per heavy atom. The fourth-order valence-corrected chi connectivity index (χ4v) is 4.10. The van der Waals surface area contributed by atoms with Gasteiger partial charge in [0.25, 0.3) is 5.91 Å². The minimum atomic E-state index is -4.55. The number of fused-ring (bicyclic) bond motifs is 1. The standard InChI is InChI=1S/C24H22F3N7O/c25-24(26,27)16-3-1-4-17-19(16)33-22(32-17)20-21(28)30-13-18(31-20)14-5-7-15(8-6-14)23(35)34-11-2-9-29-10-12-34/h1,3-8,13,29H,2,9-12H2,(H2,28,30)(H,32,33). The maximum atomic E-state index is 13.4. The number of nitrogens with zero attached hydrogens (tertiary/aromatic N) is 4. The van der Waals surface area contributed by atoms with Gasteiger partial charge in [0.1, 0.15) is 11.2 Å². The summed E-state index contributed by atoms with van der Waals surface area (Å²) in [5.41, 5.74) is 6.98. The van der Waals surface area contributed by atoms with Crippen LogP contribution in [0, 0.1) is 0 Å². The van der Waals surface area contributed by atoms with Gasteiger partial charge in [0, 0.05) is 30.8 Å². The highest BCUT2D eigenvalue weighted by molar-refractivity contribution is 5.94. The average molecular weight is 481 g/mol. The van der Waals surface area contributed by atoms with E-state index in [1.165, 1.54) is 18.3 Å². The predicted molar refractivity (Wildman–Crippen MR) is 125 cm³/mol. The Kier molecular flexibility index (Phi) is 5.85. The number of carbonyl (C=O) groups excluding carboxylic acids is 1. The number of nitrogen functional groups attached to an aromatic ring is 1. The van der Waals surface area contributed by atoms with Gasteiger partial charge in [0.15, 0.2) is 11.6 Å². The molecule has 1 aliphatic rings. The number of imidazole rings is 1. The number of rotatable bonds is 3. The highest BCUT2D eigenvalue weighted by atomic mass is 19.4. The Balaban J connectivity index is 1.45. The summed E-state index contributed by atoms with van der Waals surface area (Å²) in [7, 11) is 0. The number of carbonyl (C=O) groups is 1. The van der Waals surface area contributed by atoms with Crippen LogP contribution < -0.4 is 11.1 Å². The Morgan fingerprint density at radius 3 is 2.60 bits per heavy atom. The molecule has 4 aromatic rings. The lowest BCUT2D eigenvalue weighted by Gasteiger charge is -2.20. The zero-order chi connectivity index (χ0) is 24.6. The largest absolute Gasteiger partial charge is 0.418 e. The third-order valence-corrected chi connectivity index (χ3v) is 5.90. The van der Waals surface area contributed by atoms with E-state index in [4.69, 9.17) is 5.73 Å². The highest BCUT2D eigenvalue weighted by Gasteiger charge is 2.34. The molecule has 5 rings (SSSR count). The van der Waals surface area contributed by atoms with Gasteiger partial charge in [-0.1, -0.05) is 18.2 Å². The van der Waals surface area contributed by atoms with Crippen molar-refractivity contribution in [3.8, 4) is 22.8 Å². The molecule has 8 nitrogen and oxygen atoms in total. The number of aromatic amines is 1. The van der Waals surface area contributed by atoms with Gasteiger partial charge in [0.2, 0.25) is 0 Å². The molecule has 1 fully saturated rings. The molecular weight excluding hydrogens is 459 g/mol. The van der Waals surface area contributed by atoms with Crippen LogP contribution in [0.4, 0.5) is 19.0 Å². The fourth-order valence-electron chi connectivity index (χ4n) is 4.10. The van der Waals surface area contributed by atoms with Crippen molar-refractivity contribution >= 4 is 22.8 Å². The molecule has 0 unspecified atom stereocenters. The Morgan fingerprint density at radius 2 is 1.83 bits per heavy atom. The van der Waals surface area contributed by atoms with Gasteiger partial charge in [0.05, 0.1) is 23.0 Å².